The topological polar surface area (TPSA) is 52.6 Å². The Hall–Kier alpha value is -1.55. The lowest BCUT2D eigenvalue weighted by Crippen LogP contribution is -2.36. The summed E-state index contributed by atoms with van der Waals surface area (Å²) in [6.07, 6.45) is 0. The Balaban J connectivity index is 2.96. The quantitative estimate of drug-likeness (QED) is 0.688. The lowest BCUT2D eigenvalue weighted by Gasteiger charge is -2.13. The summed E-state index contributed by atoms with van der Waals surface area (Å²) in [5, 5.41) is 11.0. The summed E-state index contributed by atoms with van der Waals surface area (Å²) in [6, 6.07) is 4.88. The maximum Gasteiger partial charge on any atom is 0.265 e. The molecular weight excluding hydrogens is 180 g/mol. The Morgan fingerprint density at radius 3 is 2.64 bits per heavy atom. The molecule has 0 unspecified atom stereocenters. The van der Waals surface area contributed by atoms with Crippen LogP contribution in [0.1, 0.15) is 15.9 Å². The van der Waals surface area contributed by atoms with E-state index in [9.17, 15) is 9.90 Å². The van der Waals surface area contributed by atoms with Crippen molar-refractivity contribution in [3.63, 3.8) is 0 Å². The van der Waals surface area contributed by atoms with Crippen molar-refractivity contribution >= 4 is 5.91 Å². The van der Waals surface area contributed by atoms with Gasteiger partial charge in [-0.05, 0) is 19.1 Å². The number of nitrogens with one attached hydrogen (secondary N) is 1. The van der Waals surface area contributed by atoms with Gasteiger partial charge in [-0.3, -0.25) is 10.2 Å². The largest absolute Gasteiger partial charge is 0.508 e. The predicted octanol–water partition coefficient (Wildman–Crippen LogP) is 0.907. The minimum atomic E-state index is -0.219. The van der Waals surface area contributed by atoms with Crippen molar-refractivity contribution < 1.29 is 9.90 Å². The maximum atomic E-state index is 11.6. The number of benzene rings is 1. The maximum absolute atomic E-state index is 11.6. The highest BCUT2D eigenvalue weighted by molar-refractivity contribution is 5.95. The third kappa shape index (κ3) is 2.23. The lowest BCUT2D eigenvalue weighted by molar-refractivity contribution is 0.0856. The molecule has 0 saturated heterocycles. The minimum absolute atomic E-state index is 0.136. The highest BCUT2D eigenvalue weighted by Gasteiger charge is 2.10. The summed E-state index contributed by atoms with van der Waals surface area (Å²) in [5.74, 6) is -0.0835. The smallest absolute Gasteiger partial charge is 0.265 e. The number of aromatic hydroxyl groups is 1. The fourth-order valence-electron chi connectivity index (χ4n) is 1.13. The van der Waals surface area contributed by atoms with E-state index in [1.807, 2.05) is 0 Å². The average molecular weight is 194 g/mol. The molecule has 14 heavy (non-hydrogen) atoms. The molecular formula is C10H14N2O2. The van der Waals surface area contributed by atoms with Crippen molar-refractivity contribution in [3.05, 3.63) is 29.3 Å². The second-order valence-electron chi connectivity index (χ2n) is 3.29. The van der Waals surface area contributed by atoms with Crippen LogP contribution in [-0.4, -0.2) is 30.1 Å². The van der Waals surface area contributed by atoms with Gasteiger partial charge in [-0.15, -0.1) is 0 Å². The van der Waals surface area contributed by atoms with E-state index in [1.54, 1.807) is 44.2 Å². The highest BCUT2D eigenvalue weighted by atomic mass is 16.3. The zero-order valence-corrected chi connectivity index (χ0v) is 8.53. The van der Waals surface area contributed by atoms with Crippen molar-refractivity contribution in [2.24, 2.45) is 0 Å². The van der Waals surface area contributed by atoms with Gasteiger partial charge in [0.1, 0.15) is 5.75 Å². The van der Waals surface area contributed by atoms with E-state index in [4.69, 9.17) is 0 Å². The summed E-state index contributed by atoms with van der Waals surface area (Å²) in [5.41, 5.74) is 3.68. The van der Waals surface area contributed by atoms with Gasteiger partial charge >= 0.3 is 0 Å². The number of carbonyl (C=O) groups excluding carboxylic acids is 1. The van der Waals surface area contributed by atoms with Gasteiger partial charge in [0.25, 0.3) is 5.91 Å². The van der Waals surface area contributed by atoms with Crippen molar-refractivity contribution in [3.8, 4) is 5.75 Å². The number of hydrogen-bond donors (Lipinski definition) is 2. The molecule has 4 heteroatoms. The number of rotatable bonds is 2. The first-order valence-electron chi connectivity index (χ1n) is 4.29. The van der Waals surface area contributed by atoms with Gasteiger partial charge in [0, 0.05) is 25.2 Å². The summed E-state index contributed by atoms with van der Waals surface area (Å²) in [7, 11) is 3.46. The third-order valence-corrected chi connectivity index (χ3v) is 1.87. The van der Waals surface area contributed by atoms with Crippen LogP contribution in [0.15, 0.2) is 18.2 Å². The van der Waals surface area contributed by atoms with Crippen LogP contribution in [0.2, 0.25) is 0 Å². The van der Waals surface area contributed by atoms with Gasteiger partial charge in [0.05, 0.1) is 0 Å². The van der Waals surface area contributed by atoms with Crippen molar-refractivity contribution in [2.45, 2.75) is 6.92 Å². The molecule has 0 aliphatic heterocycles. The molecule has 1 amide bonds. The fraction of sp³-hybridized carbons (Fsp3) is 0.300. The first-order chi connectivity index (χ1) is 6.52. The average Bonchev–Trinajstić information content (AvgIpc) is 2.08. The lowest BCUT2D eigenvalue weighted by atomic mass is 10.1. The normalized spacial score (nSPS) is 10.3. The zero-order chi connectivity index (χ0) is 10.7. The van der Waals surface area contributed by atoms with Gasteiger partial charge in [-0.25, -0.2) is 5.01 Å². The Kier molecular flexibility index (Phi) is 3.09. The molecule has 2 N–H and O–H groups in total. The van der Waals surface area contributed by atoms with Gasteiger partial charge in [-0.2, -0.15) is 0 Å². The van der Waals surface area contributed by atoms with Crippen LogP contribution in [-0.2, 0) is 0 Å². The summed E-state index contributed by atoms with van der Waals surface area (Å²) < 4.78 is 0. The highest BCUT2D eigenvalue weighted by Crippen LogP contribution is 2.19. The summed E-state index contributed by atoms with van der Waals surface area (Å²) >= 11 is 0. The van der Waals surface area contributed by atoms with Crippen molar-refractivity contribution in [1.82, 2.24) is 10.4 Å². The third-order valence-electron chi connectivity index (χ3n) is 1.87. The van der Waals surface area contributed by atoms with E-state index in [1.165, 1.54) is 0 Å². The SMILES string of the molecule is Cc1c(O)cccc1C(=O)NN(C)C. The molecule has 0 aromatic heterocycles. The molecule has 0 heterocycles. The van der Waals surface area contributed by atoms with E-state index >= 15 is 0 Å². The molecule has 0 aliphatic rings. The van der Waals surface area contributed by atoms with E-state index in [0.717, 1.165) is 0 Å². The Morgan fingerprint density at radius 2 is 2.07 bits per heavy atom. The molecule has 76 valence electrons. The van der Waals surface area contributed by atoms with Gasteiger partial charge in [-0.1, -0.05) is 6.07 Å². The molecule has 0 saturated carbocycles. The molecule has 0 bridgehead atoms. The second-order valence-corrected chi connectivity index (χ2v) is 3.29. The van der Waals surface area contributed by atoms with Crippen LogP contribution in [0.25, 0.3) is 0 Å². The van der Waals surface area contributed by atoms with Gasteiger partial charge in [0.15, 0.2) is 0 Å². The molecule has 1 aromatic rings. The molecule has 0 spiro atoms. The zero-order valence-electron chi connectivity index (χ0n) is 8.53. The van der Waals surface area contributed by atoms with E-state index in [-0.39, 0.29) is 11.7 Å². The Morgan fingerprint density at radius 1 is 1.43 bits per heavy atom. The van der Waals surface area contributed by atoms with E-state index in [2.05, 4.69) is 5.43 Å². The van der Waals surface area contributed by atoms with Crippen molar-refractivity contribution in [1.29, 1.82) is 0 Å². The molecule has 0 aliphatic carbocycles. The van der Waals surface area contributed by atoms with Crippen LogP contribution < -0.4 is 5.43 Å². The van der Waals surface area contributed by atoms with Crippen LogP contribution in [0.3, 0.4) is 0 Å². The molecule has 1 rings (SSSR count). The Labute approximate surface area is 83.1 Å². The van der Waals surface area contributed by atoms with E-state index < -0.39 is 0 Å². The van der Waals surface area contributed by atoms with Gasteiger partial charge in [0.2, 0.25) is 0 Å². The minimum Gasteiger partial charge on any atom is -0.508 e. The molecule has 0 radical (unpaired) electrons. The van der Waals surface area contributed by atoms with E-state index in [0.29, 0.717) is 11.1 Å². The number of phenols is 1. The van der Waals surface area contributed by atoms with Crippen LogP contribution in [0.5, 0.6) is 5.75 Å². The van der Waals surface area contributed by atoms with Crippen LogP contribution >= 0.6 is 0 Å². The standard InChI is InChI=1S/C10H14N2O2/c1-7-8(5-4-6-9(7)13)10(14)11-12(2)3/h4-6,13H,1-3H3,(H,11,14). The monoisotopic (exact) mass is 194 g/mol. The predicted molar refractivity (Wildman–Crippen MR) is 54.0 cm³/mol. The molecule has 0 atom stereocenters. The second kappa shape index (κ2) is 4.11. The first-order valence-corrected chi connectivity index (χ1v) is 4.29. The van der Waals surface area contributed by atoms with Crippen molar-refractivity contribution in [2.75, 3.05) is 14.1 Å². The summed E-state index contributed by atoms with van der Waals surface area (Å²) in [6.45, 7) is 1.71. The van der Waals surface area contributed by atoms with Crippen LogP contribution in [0.4, 0.5) is 0 Å². The number of phenolic OH excluding ortho intramolecular Hbond substituents is 1. The first kappa shape index (κ1) is 10.5. The number of hydrazine groups is 1. The summed E-state index contributed by atoms with van der Waals surface area (Å²) in [4.78, 5) is 11.6. The number of carbonyl (C=O) groups is 1. The molecule has 1 aromatic carbocycles. The number of hydrogen-bond acceptors (Lipinski definition) is 3. The van der Waals surface area contributed by atoms with Gasteiger partial charge < -0.3 is 5.11 Å². The van der Waals surface area contributed by atoms with Crippen LogP contribution in [0, 0.1) is 6.92 Å². The fourth-order valence-corrected chi connectivity index (χ4v) is 1.13. The molecule has 4 nitrogen and oxygen atoms in total. The molecule has 0 fully saturated rings. The number of amides is 1. The Bertz CT molecular complexity index is 348. The number of nitrogens with zero attached hydrogens (tertiary/aromatic N) is 1.